The van der Waals surface area contributed by atoms with Crippen LogP contribution in [0.15, 0.2) is 36.4 Å². The molecule has 0 aliphatic rings. The molecule has 2 aromatic carbocycles. The number of carbonyl (C=O) groups is 1. The van der Waals surface area contributed by atoms with E-state index in [1.807, 2.05) is 11.9 Å². The Balaban J connectivity index is 2.13. The highest BCUT2D eigenvalue weighted by Crippen LogP contribution is 2.19. The van der Waals surface area contributed by atoms with Gasteiger partial charge in [-0.3, -0.25) is 4.79 Å². The molecular weight excluding hydrogens is 302 g/mol. The van der Waals surface area contributed by atoms with Crippen molar-refractivity contribution in [2.45, 2.75) is 6.92 Å². The summed E-state index contributed by atoms with van der Waals surface area (Å²) in [5.74, 6) is -2.10. The minimum absolute atomic E-state index is 0.0350. The van der Waals surface area contributed by atoms with E-state index in [-0.39, 0.29) is 17.7 Å². The van der Waals surface area contributed by atoms with Crippen LogP contribution in [-0.2, 0) is 0 Å². The zero-order chi connectivity index (χ0) is 17.0. The molecule has 2 N–H and O–H groups in total. The highest BCUT2D eigenvalue weighted by Gasteiger charge is 2.15. The average molecular weight is 320 g/mol. The molecule has 0 heterocycles. The smallest absolute Gasteiger partial charge is 0.258 e. The van der Waals surface area contributed by atoms with E-state index in [0.717, 1.165) is 17.8 Å². The van der Waals surface area contributed by atoms with Crippen LogP contribution in [0.25, 0.3) is 0 Å². The second-order valence-corrected chi connectivity index (χ2v) is 5.23. The molecule has 0 radical (unpaired) electrons. The maximum Gasteiger partial charge on any atom is 0.258 e. The lowest BCUT2D eigenvalue weighted by Crippen LogP contribution is -2.21. The molecule has 0 atom stereocenters. The molecule has 0 unspecified atom stereocenters. The van der Waals surface area contributed by atoms with Gasteiger partial charge in [-0.2, -0.15) is 0 Å². The molecule has 2 rings (SSSR count). The van der Waals surface area contributed by atoms with Gasteiger partial charge in [0.25, 0.3) is 5.91 Å². The van der Waals surface area contributed by atoms with Crippen molar-refractivity contribution < 1.29 is 18.7 Å². The number of nitrogens with one attached hydrogen (secondary N) is 1. The summed E-state index contributed by atoms with van der Waals surface area (Å²) in [4.78, 5) is 13.9. The van der Waals surface area contributed by atoms with Crippen molar-refractivity contribution in [2.75, 3.05) is 30.4 Å². The largest absolute Gasteiger partial charge is 0.395 e. The van der Waals surface area contributed by atoms with Crippen molar-refractivity contribution in [1.29, 1.82) is 0 Å². The lowest BCUT2D eigenvalue weighted by Gasteiger charge is -2.18. The highest BCUT2D eigenvalue weighted by atomic mass is 19.1. The minimum Gasteiger partial charge on any atom is -0.395 e. The molecule has 0 saturated carbocycles. The zero-order valence-corrected chi connectivity index (χ0v) is 12.9. The van der Waals surface area contributed by atoms with Crippen LogP contribution in [0.4, 0.5) is 20.2 Å². The van der Waals surface area contributed by atoms with E-state index >= 15 is 0 Å². The Hall–Kier alpha value is -2.47. The number of aliphatic hydroxyl groups excluding tert-OH is 1. The van der Waals surface area contributed by atoms with Gasteiger partial charge >= 0.3 is 0 Å². The lowest BCUT2D eigenvalue weighted by molar-refractivity contribution is 0.102. The first-order valence-electron chi connectivity index (χ1n) is 7.11. The highest BCUT2D eigenvalue weighted by molar-refractivity contribution is 6.04. The number of aliphatic hydroxyl groups is 1. The number of carbonyl (C=O) groups excluding carboxylic acids is 1. The number of anilines is 2. The fraction of sp³-hybridized carbons (Fsp3) is 0.235. The Morgan fingerprint density at radius 2 is 1.83 bits per heavy atom. The number of halogens is 2. The molecule has 0 aliphatic heterocycles. The van der Waals surface area contributed by atoms with E-state index in [0.29, 0.717) is 12.2 Å². The first-order chi connectivity index (χ1) is 10.9. The summed E-state index contributed by atoms with van der Waals surface area (Å²) in [6, 6.07) is 8.72. The number of benzene rings is 2. The average Bonchev–Trinajstić information content (AvgIpc) is 2.51. The quantitative estimate of drug-likeness (QED) is 0.890. The normalized spacial score (nSPS) is 10.5. The topological polar surface area (TPSA) is 52.6 Å². The number of hydrogen-bond acceptors (Lipinski definition) is 3. The van der Waals surface area contributed by atoms with Crippen molar-refractivity contribution in [3.8, 4) is 0 Å². The third kappa shape index (κ3) is 4.04. The fourth-order valence-corrected chi connectivity index (χ4v) is 2.10. The van der Waals surface area contributed by atoms with Crippen molar-refractivity contribution in [1.82, 2.24) is 0 Å². The van der Waals surface area contributed by atoms with Crippen LogP contribution in [0.2, 0.25) is 0 Å². The Morgan fingerprint density at radius 3 is 2.43 bits per heavy atom. The second kappa shape index (κ2) is 7.19. The molecule has 1 amide bonds. The van der Waals surface area contributed by atoms with E-state index in [9.17, 15) is 13.6 Å². The first-order valence-corrected chi connectivity index (χ1v) is 7.11. The molecule has 23 heavy (non-hydrogen) atoms. The van der Waals surface area contributed by atoms with Crippen LogP contribution in [0.5, 0.6) is 0 Å². The summed E-state index contributed by atoms with van der Waals surface area (Å²) in [6.07, 6.45) is 0. The molecule has 4 nitrogen and oxygen atoms in total. The van der Waals surface area contributed by atoms with Gasteiger partial charge < -0.3 is 15.3 Å². The molecule has 0 aliphatic carbocycles. The van der Waals surface area contributed by atoms with E-state index < -0.39 is 17.5 Å². The standard InChI is InChI=1S/C17H18F2N2O2/c1-11-9-16(19)14(10-15(11)18)17(23)20-12-3-5-13(6-4-12)21(2)7-8-22/h3-6,9-10,22H,7-8H2,1-2H3,(H,20,23). The summed E-state index contributed by atoms with van der Waals surface area (Å²) >= 11 is 0. The molecule has 0 fully saturated rings. The fourth-order valence-electron chi connectivity index (χ4n) is 2.10. The maximum atomic E-state index is 13.8. The van der Waals surface area contributed by atoms with Crippen LogP contribution in [0.1, 0.15) is 15.9 Å². The van der Waals surface area contributed by atoms with E-state index in [4.69, 9.17) is 5.11 Å². The lowest BCUT2D eigenvalue weighted by atomic mass is 10.1. The summed E-state index contributed by atoms with van der Waals surface area (Å²) in [5, 5.41) is 11.4. The predicted molar refractivity (Wildman–Crippen MR) is 85.8 cm³/mol. The van der Waals surface area contributed by atoms with Gasteiger partial charge in [-0.25, -0.2) is 8.78 Å². The van der Waals surface area contributed by atoms with Crippen molar-refractivity contribution >= 4 is 17.3 Å². The number of hydrogen-bond donors (Lipinski definition) is 2. The van der Waals surface area contributed by atoms with E-state index in [1.54, 1.807) is 24.3 Å². The number of amides is 1. The van der Waals surface area contributed by atoms with Gasteiger partial charge in [-0.15, -0.1) is 0 Å². The Bertz CT molecular complexity index is 702. The molecule has 0 spiro atoms. The van der Waals surface area contributed by atoms with Gasteiger partial charge in [-0.05, 0) is 48.9 Å². The van der Waals surface area contributed by atoms with Crippen molar-refractivity contribution in [3.63, 3.8) is 0 Å². The summed E-state index contributed by atoms with van der Waals surface area (Å²) in [6.45, 7) is 1.95. The second-order valence-electron chi connectivity index (χ2n) is 5.23. The Morgan fingerprint density at radius 1 is 1.17 bits per heavy atom. The monoisotopic (exact) mass is 320 g/mol. The maximum absolute atomic E-state index is 13.8. The van der Waals surface area contributed by atoms with E-state index in [2.05, 4.69) is 5.32 Å². The van der Waals surface area contributed by atoms with Crippen LogP contribution in [0, 0.1) is 18.6 Å². The predicted octanol–water partition coefficient (Wildman–Crippen LogP) is 2.95. The molecule has 0 saturated heterocycles. The summed E-state index contributed by atoms with van der Waals surface area (Å²) in [5.41, 5.74) is 1.14. The molecule has 0 bridgehead atoms. The number of aryl methyl sites for hydroxylation is 1. The van der Waals surface area contributed by atoms with Crippen molar-refractivity contribution in [3.05, 3.63) is 59.2 Å². The van der Waals surface area contributed by atoms with Crippen molar-refractivity contribution in [2.24, 2.45) is 0 Å². The van der Waals surface area contributed by atoms with Crippen LogP contribution < -0.4 is 10.2 Å². The van der Waals surface area contributed by atoms with Gasteiger partial charge in [0.2, 0.25) is 0 Å². The zero-order valence-electron chi connectivity index (χ0n) is 12.9. The molecule has 122 valence electrons. The number of nitrogens with zero attached hydrogens (tertiary/aromatic N) is 1. The van der Waals surface area contributed by atoms with Gasteiger partial charge in [0, 0.05) is 25.0 Å². The summed E-state index contributed by atoms with van der Waals surface area (Å²) in [7, 11) is 1.83. The van der Waals surface area contributed by atoms with Gasteiger partial charge in [-0.1, -0.05) is 0 Å². The van der Waals surface area contributed by atoms with Crippen LogP contribution >= 0.6 is 0 Å². The molecular formula is C17H18F2N2O2. The Labute approximate surface area is 133 Å². The van der Waals surface area contributed by atoms with Gasteiger partial charge in [0.15, 0.2) is 0 Å². The SMILES string of the molecule is Cc1cc(F)c(C(=O)Nc2ccc(N(C)CCO)cc2)cc1F. The molecule has 6 heteroatoms. The first kappa shape index (κ1) is 16.9. The minimum atomic E-state index is -0.763. The Kier molecular flexibility index (Phi) is 5.28. The third-order valence-corrected chi connectivity index (χ3v) is 3.49. The number of likely N-dealkylation sites (N-methyl/N-ethyl adjacent to an activating group) is 1. The summed E-state index contributed by atoms with van der Waals surface area (Å²) < 4.78 is 27.3. The van der Waals surface area contributed by atoms with Gasteiger partial charge in [0.05, 0.1) is 12.2 Å². The number of rotatable bonds is 5. The third-order valence-electron chi connectivity index (χ3n) is 3.49. The molecule has 0 aromatic heterocycles. The van der Waals surface area contributed by atoms with Crippen LogP contribution in [0.3, 0.4) is 0 Å². The molecule has 2 aromatic rings. The van der Waals surface area contributed by atoms with Gasteiger partial charge in [0.1, 0.15) is 11.6 Å². The van der Waals surface area contributed by atoms with Crippen LogP contribution in [-0.4, -0.2) is 31.2 Å². The van der Waals surface area contributed by atoms with E-state index in [1.165, 1.54) is 6.92 Å².